The Kier molecular flexibility index (Phi) is 5.32. The van der Waals surface area contributed by atoms with Gasteiger partial charge in [0.2, 0.25) is 0 Å². The number of ether oxygens (including phenoxy) is 1. The highest BCUT2D eigenvalue weighted by molar-refractivity contribution is 5.80. The Balaban J connectivity index is 1.97. The van der Waals surface area contributed by atoms with Crippen molar-refractivity contribution in [2.24, 2.45) is 0 Å². The predicted molar refractivity (Wildman–Crippen MR) is 103 cm³/mol. The van der Waals surface area contributed by atoms with E-state index >= 15 is 0 Å². The number of benzene rings is 1. The first-order chi connectivity index (χ1) is 12.9. The second kappa shape index (κ2) is 7.67. The zero-order chi connectivity index (χ0) is 19.4. The first-order valence-electron chi connectivity index (χ1n) is 8.75. The molecular weight excluding hydrogens is 344 g/mol. The van der Waals surface area contributed by atoms with Gasteiger partial charge in [-0.15, -0.1) is 0 Å². The summed E-state index contributed by atoms with van der Waals surface area (Å²) in [5, 5.41) is 11.8. The molecule has 0 aliphatic carbocycles. The van der Waals surface area contributed by atoms with Crippen LogP contribution in [-0.2, 0) is 16.8 Å². The van der Waals surface area contributed by atoms with E-state index in [1.54, 1.807) is 5.48 Å². The van der Waals surface area contributed by atoms with Gasteiger partial charge in [0.15, 0.2) is 11.4 Å². The molecule has 0 saturated heterocycles. The van der Waals surface area contributed by atoms with E-state index in [4.69, 9.17) is 14.9 Å². The van der Waals surface area contributed by atoms with Gasteiger partial charge in [-0.05, 0) is 17.7 Å². The lowest BCUT2D eigenvalue weighted by Crippen LogP contribution is -2.28. The summed E-state index contributed by atoms with van der Waals surface area (Å²) in [5.74, 6) is 0.832. The first kappa shape index (κ1) is 18.7. The standard InChI is InChI=1S/C20H24N4O3/c1-20(2,3)17-19(21-12-16(25)23-26)24-11-7-10-15(18(24)22-17)27-13-14-8-5-4-6-9-14/h4-11,21,26H,12-13H2,1-3H3,(H,23,25). The molecule has 0 atom stereocenters. The van der Waals surface area contributed by atoms with Crippen LogP contribution >= 0.6 is 0 Å². The molecule has 0 fully saturated rings. The molecule has 0 aliphatic heterocycles. The van der Waals surface area contributed by atoms with E-state index in [1.807, 2.05) is 53.1 Å². The molecule has 3 rings (SSSR count). The number of carbonyl (C=O) groups excluding carboxylic acids is 1. The quantitative estimate of drug-likeness (QED) is 0.460. The van der Waals surface area contributed by atoms with Crippen LogP contribution in [0.15, 0.2) is 48.7 Å². The summed E-state index contributed by atoms with van der Waals surface area (Å²) < 4.78 is 7.87. The Morgan fingerprint density at radius 1 is 1.19 bits per heavy atom. The molecule has 0 radical (unpaired) electrons. The van der Waals surface area contributed by atoms with Crippen LogP contribution in [0.3, 0.4) is 0 Å². The average Bonchev–Trinajstić information content (AvgIpc) is 3.05. The zero-order valence-electron chi connectivity index (χ0n) is 15.7. The third-order valence-corrected chi connectivity index (χ3v) is 4.10. The van der Waals surface area contributed by atoms with Crippen molar-refractivity contribution >= 4 is 17.4 Å². The number of carbonyl (C=O) groups is 1. The number of hydrogen-bond acceptors (Lipinski definition) is 5. The Bertz CT molecular complexity index is 930. The average molecular weight is 368 g/mol. The highest BCUT2D eigenvalue weighted by Crippen LogP contribution is 2.33. The number of nitrogens with zero attached hydrogens (tertiary/aromatic N) is 2. The lowest BCUT2D eigenvalue weighted by molar-refractivity contribution is -0.127. The van der Waals surface area contributed by atoms with E-state index < -0.39 is 5.91 Å². The van der Waals surface area contributed by atoms with Crippen LogP contribution in [-0.4, -0.2) is 27.0 Å². The molecule has 7 nitrogen and oxygen atoms in total. The van der Waals surface area contributed by atoms with Gasteiger partial charge in [0.25, 0.3) is 5.91 Å². The summed E-state index contributed by atoms with van der Waals surface area (Å²) in [6.07, 6.45) is 1.87. The number of imidazole rings is 1. The number of amides is 1. The van der Waals surface area contributed by atoms with Gasteiger partial charge in [0.1, 0.15) is 12.4 Å². The number of hydroxylamine groups is 1. The molecule has 0 spiro atoms. The summed E-state index contributed by atoms with van der Waals surface area (Å²) in [7, 11) is 0. The summed E-state index contributed by atoms with van der Waals surface area (Å²) in [6.45, 7) is 6.53. The fraction of sp³-hybridized carbons (Fsp3) is 0.300. The van der Waals surface area contributed by atoms with E-state index in [0.717, 1.165) is 11.3 Å². The molecule has 7 heteroatoms. The molecule has 0 aliphatic rings. The van der Waals surface area contributed by atoms with Crippen LogP contribution in [0.5, 0.6) is 5.75 Å². The fourth-order valence-electron chi connectivity index (χ4n) is 2.79. The summed E-state index contributed by atoms with van der Waals surface area (Å²) in [6, 6.07) is 13.7. The zero-order valence-corrected chi connectivity index (χ0v) is 15.7. The van der Waals surface area contributed by atoms with Crippen molar-refractivity contribution < 1.29 is 14.7 Å². The highest BCUT2D eigenvalue weighted by atomic mass is 16.5. The third kappa shape index (κ3) is 4.20. The number of pyridine rings is 1. The summed E-state index contributed by atoms with van der Waals surface area (Å²) in [4.78, 5) is 16.2. The Labute approximate surface area is 158 Å². The molecule has 27 heavy (non-hydrogen) atoms. The smallest absolute Gasteiger partial charge is 0.262 e. The van der Waals surface area contributed by atoms with Gasteiger partial charge in [-0.2, -0.15) is 0 Å². The minimum atomic E-state index is -0.527. The molecule has 0 bridgehead atoms. The van der Waals surface area contributed by atoms with Crippen LogP contribution in [0.25, 0.3) is 5.65 Å². The normalized spacial score (nSPS) is 11.4. The number of hydrogen-bond donors (Lipinski definition) is 3. The molecule has 3 N–H and O–H groups in total. The van der Waals surface area contributed by atoms with Crippen LogP contribution in [0.2, 0.25) is 0 Å². The van der Waals surface area contributed by atoms with Crippen molar-refractivity contribution in [2.45, 2.75) is 32.8 Å². The largest absolute Gasteiger partial charge is 0.485 e. The molecule has 3 aromatic rings. The maximum absolute atomic E-state index is 11.5. The summed E-state index contributed by atoms with van der Waals surface area (Å²) in [5.41, 5.74) is 3.93. The predicted octanol–water partition coefficient (Wildman–Crippen LogP) is 3.13. The molecule has 1 aromatic carbocycles. The molecule has 2 heterocycles. The topological polar surface area (TPSA) is 87.9 Å². The minimum absolute atomic E-state index is 0.0670. The van der Waals surface area contributed by atoms with Gasteiger partial charge in [-0.1, -0.05) is 51.1 Å². The van der Waals surface area contributed by atoms with Crippen LogP contribution in [0.4, 0.5) is 5.82 Å². The van der Waals surface area contributed by atoms with E-state index in [9.17, 15) is 4.79 Å². The second-order valence-corrected chi connectivity index (χ2v) is 7.29. The number of aromatic nitrogens is 2. The van der Waals surface area contributed by atoms with E-state index in [-0.39, 0.29) is 12.0 Å². The molecule has 142 valence electrons. The van der Waals surface area contributed by atoms with Gasteiger partial charge in [-0.25, -0.2) is 10.5 Å². The number of anilines is 1. The maximum Gasteiger partial charge on any atom is 0.262 e. The van der Waals surface area contributed by atoms with E-state index in [1.165, 1.54) is 0 Å². The third-order valence-electron chi connectivity index (χ3n) is 4.10. The molecule has 0 unspecified atom stereocenters. The van der Waals surface area contributed by atoms with Gasteiger partial charge in [-0.3, -0.25) is 14.4 Å². The molecule has 1 amide bonds. The monoisotopic (exact) mass is 368 g/mol. The SMILES string of the molecule is CC(C)(C)c1nc2c(OCc3ccccc3)cccn2c1NCC(=O)NO. The first-order valence-corrected chi connectivity index (χ1v) is 8.75. The van der Waals surface area contributed by atoms with Crippen molar-refractivity contribution in [3.8, 4) is 5.75 Å². The molecule has 2 aromatic heterocycles. The maximum atomic E-state index is 11.5. The number of fused-ring (bicyclic) bond motifs is 1. The Morgan fingerprint density at radius 2 is 1.93 bits per heavy atom. The van der Waals surface area contributed by atoms with Crippen molar-refractivity contribution in [3.05, 3.63) is 59.9 Å². The lowest BCUT2D eigenvalue weighted by atomic mass is 9.92. The van der Waals surface area contributed by atoms with E-state index in [0.29, 0.717) is 23.8 Å². The van der Waals surface area contributed by atoms with Gasteiger partial charge in [0.05, 0.1) is 12.2 Å². The second-order valence-electron chi connectivity index (χ2n) is 7.29. The Hall–Kier alpha value is -3.06. The van der Waals surface area contributed by atoms with E-state index in [2.05, 4.69) is 26.1 Å². The van der Waals surface area contributed by atoms with Crippen molar-refractivity contribution in [1.82, 2.24) is 14.9 Å². The minimum Gasteiger partial charge on any atom is -0.485 e. The molecule has 0 saturated carbocycles. The highest BCUT2D eigenvalue weighted by Gasteiger charge is 2.25. The van der Waals surface area contributed by atoms with Crippen molar-refractivity contribution in [1.29, 1.82) is 0 Å². The Morgan fingerprint density at radius 3 is 2.59 bits per heavy atom. The van der Waals surface area contributed by atoms with Crippen molar-refractivity contribution in [2.75, 3.05) is 11.9 Å². The van der Waals surface area contributed by atoms with Crippen molar-refractivity contribution in [3.63, 3.8) is 0 Å². The summed E-state index contributed by atoms with van der Waals surface area (Å²) >= 11 is 0. The van der Waals surface area contributed by atoms with Gasteiger partial charge >= 0.3 is 0 Å². The van der Waals surface area contributed by atoms with Gasteiger partial charge < -0.3 is 10.1 Å². The van der Waals surface area contributed by atoms with Crippen LogP contribution in [0, 0.1) is 0 Å². The lowest BCUT2D eigenvalue weighted by Gasteiger charge is -2.18. The van der Waals surface area contributed by atoms with Gasteiger partial charge in [0, 0.05) is 11.6 Å². The van der Waals surface area contributed by atoms with Crippen LogP contribution < -0.4 is 15.5 Å². The number of nitrogens with one attached hydrogen (secondary N) is 2. The fourth-order valence-corrected chi connectivity index (χ4v) is 2.79. The number of rotatable bonds is 6. The van der Waals surface area contributed by atoms with Crippen LogP contribution in [0.1, 0.15) is 32.0 Å². The molecular formula is C20H24N4O3.